The van der Waals surface area contributed by atoms with Crippen LogP contribution in [0, 0.1) is 11.3 Å². The average molecular weight is 445 g/mol. The highest BCUT2D eigenvalue weighted by molar-refractivity contribution is 5.90. The van der Waals surface area contributed by atoms with E-state index in [1.165, 1.54) is 7.11 Å². The molecule has 2 amide bonds. The van der Waals surface area contributed by atoms with Gasteiger partial charge in [-0.25, -0.2) is 9.59 Å². The van der Waals surface area contributed by atoms with E-state index in [1.54, 1.807) is 17.0 Å². The van der Waals surface area contributed by atoms with Crippen LogP contribution in [0.3, 0.4) is 0 Å². The van der Waals surface area contributed by atoms with Crippen molar-refractivity contribution in [2.75, 3.05) is 33.4 Å². The molecule has 0 radical (unpaired) electrons. The Labute approximate surface area is 188 Å². The number of methoxy groups -OCH3 is 1. The Hall–Kier alpha value is -2.77. The molecule has 1 saturated heterocycles. The van der Waals surface area contributed by atoms with Gasteiger partial charge in [0.05, 0.1) is 19.2 Å². The second kappa shape index (κ2) is 8.30. The molecule has 3 aliphatic rings. The summed E-state index contributed by atoms with van der Waals surface area (Å²) in [5.74, 6) is 0.232. The number of hydrogen-bond donors (Lipinski definition) is 0. The number of nitrogens with zero attached hydrogens (tertiary/aromatic N) is 2. The Kier molecular flexibility index (Phi) is 5.81. The number of esters is 1. The van der Waals surface area contributed by atoms with Gasteiger partial charge in [-0.3, -0.25) is 4.79 Å². The Morgan fingerprint density at radius 2 is 1.94 bits per heavy atom. The van der Waals surface area contributed by atoms with Crippen LogP contribution in [-0.4, -0.2) is 66.7 Å². The lowest BCUT2D eigenvalue weighted by atomic mass is 9.92. The van der Waals surface area contributed by atoms with Gasteiger partial charge in [-0.2, -0.15) is 0 Å². The Morgan fingerprint density at radius 1 is 1.16 bits per heavy atom. The molecule has 4 rings (SSSR count). The van der Waals surface area contributed by atoms with E-state index in [2.05, 4.69) is 0 Å². The van der Waals surface area contributed by atoms with Crippen LogP contribution in [0.5, 0.6) is 5.75 Å². The number of benzene rings is 1. The van der Waals surface area contributed by atoms with Gasteiger partial charge < -0.3 is 24.0 Å². The molecule has 2 aliphatic heterocycles. The maximum atomic E-state index is 13.4. The van der Waals surface area contributed by atoms with E-state index in [0.717, 1.165) is 24.8 Å². The number of ether oxygens (including phenoxy) is 3. The molecule has 1 aromatic rings. The molecular formula is C24H32N2O6. The highest BCUT2D eigenvalue weighted by Crippen LogP contribution is 2.58. The Morgan fingerprint density at radius 3 is 2.66 bits per heavy atom. The van der Waals surface area contributed by atoms with Crippen molar-refractivity contribution < 1.29 is 28.6 Å². The summed E-state index contributed by atoms with van der Waals surface area (Å²) in [6.45, 7) is 8.13. The fraction of sp³-hybridized carbons (Fsp3) is 0.625. The summed E-state index contributed by atoms with van der Waals surface area (Å²) in [7, 11) is 1.34. The van der Waals surface area contributed by atoms with Gasteiger partial charge in [0.2, 0.25) is 5.91 Å². The van der Waals surface area contributed by atoms with Gasteiger partial charge >= 0.3 is 12.1 Å². The molecule has 0 aromatic heterocycles. The summed E-state index contributed by atoms with van der Waals surface area (Å²) in [5.41, 5.74) is 0.624. The number of piperidine rings is 1. The largest absolute Gasteiger partial charge is 0.491 e. The van der Waals surface area contributed by atoms with E-state index in [4.69, 9.17) is 14.2 Å². The standard InChI is InChI=1S/C24H32N2O6/c1-23(2,3)32-22(29)26-9-5-8-24(15-26)13-18(24)20(27)25-10-11-31-19-12-16(21(28)30-4)6-7-17(19)14-25/h6-7,12,18H,5,8-11,13-15H2,1-4H3. The van der Waals surface area contributed by atoms with Gasteiger partial charge in [-0.1, -0.05) is 6.07 Å². The molecule has 2 unspecified atom stereocenters. The van der Waals surface area contributed by atoms with Crippen molar-refractivity contribution >= 4 is 18.0 Å². The van der Waals surface area contributed by atoms with E-state index >= 15 is 0 Å². The third-order valence-electron chi connectivity index (χ3n) is 6.53. The van der Waals surface area contributed by atoms with Crippen LogP contribution in [0.25, 0.3) is 0 Å². The molecule has 174 valence electrons. The molecule has 8 nitrogen and oxygen atoms in total. The molecule has 1 saturated carbocycles. The van der Waals surface area contributed by atoms with Gasteiger partial charge in [0.15, 0.2) is 0 Å². The first kappa shape index (κ1) is 22.4. The lowest BCUT2D eigenvalue weighted by molar-refractivity contribution is -0.134. The van der Waals surface area contributed by atoms with Crippen LogP contribution in [0.4, 0.5) is 4.79 Å². The highest BCUT2D eigenvalue weighted by atomic mass is 16.6. The summed E-state index contributed by atoms with van der Waals surface area (Å²) < 4.78 is 16.1. The number of amides is 2. The van der Waals surface area contributed by atoms with E-state index in [1.807, 2.05) is 31.7 Å². The molecule has 0 bridgehead atoms. The zero-order valence-corrected chi connectivity index (χ0v) is 19.3. The molecule has 8 heteroatoms. The predicted octanol–water partition coefficient (Wildman–Crippen LogP) is 3.23. The highest BCUT2D eigenvalue weighted by Gasteiger charge is 2.60. The summed E-state index contributed by atoms with van der Waals surface area (Å²) >= 11 is 0. The molecule has 2 atom stereocenters. The smallest absolute Gasteiger partial charge is 0.410 e. The maximum absolute atomic E-state index is 13.4. The number of fused-ring (bicyclic) bond motifs is 1. The van der Waals surface area contributed by atoms with E-state index in [0.29, 0.717) is 44.1 Å². The minimum absolute atomic E-state index is 0.0800. The SMILES string of the molecule is COC(=O)c1ccc2c(c1)OCCN(C(=O)C1CC13CCCN(C(=O)OC(C)(C)C)C3)C2. The molecular weight excluding hydrogens is 412 g/mol. The molecule has 0 N–H and O–H groups in total. The van der Waals surface area contributed by atoms with Gasteiger partial charge in [0.25, 0.3) is 0 Å². The van der Waals surface area contributed by atoms with Crippen LogP contribution in [-0.2, 0) is 20.8 Å². The summed E-state index contributed by atoms with van der Waals surface area (Å²) in [4.78, 5) is 41.3. The van der Waals surface area contributed by atoms with Crippen molar-refractivity contribution in [1.82, 2.24) is 9.80 Å². The second-order valence-electron chi connectivity index (χ2n) is 10.0. The van der Waals surface area contributed by atoms with Crippen LogP contribution in [0.1, 0.15) is 56.0 Å². The van der Waals surface area contributed by atoms with Gasteiger partial charge in [-0.05, 0) is 52.2 Å². The van der Waals surface area contributed by atoms with Crippen molar-refractivity contribution in [3.8, 4) is 5.75 Å². The van der Waals surface area contributed by atoms with Crippen molar-refractivity contribution in [1.29, 1.82) is 0 Å². The third-order valence-corrected chi connectivity index (χ3v) is 6.53. The van der Waals surface area contributed by atoms with Crippen molar-refractivity contribution in [2.24, 2.45) is 11.3 Å². The Balaban J connectivity index is 1.42. The third kappa shape index (κ3) is 4.54. The maximum Gasteiger partial charge on any atom is 0.410 e. The van der Waals surface area contributed by atoms with Crippen LogP contribution in [0.2, 0.25) is 0 Å². The fourth-order valence-corrected chi connectivity index (χ4v) is 4.81. The topological polar surface area (TPSA) is 85.4 Å². The first-order chi connectivity index (χ1) is 15.1. The lowest BCUT2D eigenvalue weighted by Gasteiger charge is -2.35. The zero-order chi connectivity index (χ0) is 23.1. The number of carbonyl (C=O) groups excluding carboxylic acids is 3. The van der Waals surface area contributed by atoms with Gasteiger partial charge in [0.1, 0.15) is 18.0 Å². The molecule has 2 fully saturated rings. The minimum Gasteiger partial charge on any atom is -0.491 e. The van der Waals surface area contributed by atoms with Crippen molar-refractivity contribution in [2.45, 2.75) is 52.2 Å². The van der Waals surface area contributed by atoms with E-state index < -0.39 is 11.6 Å². The number of hydrogen-bond acceptors (Lipinski definition) is 6. The fourth-order valence-electron chi connectivity index (χ4n) is 4.81. The van der Waals surface area contributed by atoms with Crippen molar-refractivity contribution in [3.05, 3.63) is 29.3 Å². The minimum atomic E-state index is -0.534. The number of carbonyl (C=O) groups is 3. The molecule has 1 spiro atoms. The van der Waals surface area contributed by atoms with Crippen LogP contribution < -0.4 is 4.74 Å². The molecule has 1 aliphatic carbocycles. The normalized spacial score (nSPS) is 24.8. The number of rotatable bonds is 2. The molecule has 2 heterocycles. The lowest BCUT2D eigenvalue weighted by Crippen LogP contribution is -2.45. The summed E-state index contributed by atoms with van der Waals surface area (Å²) in [5, 5.41) is 0. The molecule has 1 aromatic carbocycles. The Bertz CT molecular complexity index is 924. The first-order valence-electron chi connectivity index (χ1n) is 11.2. The van der Waals surface area contributed by atoms with E-state index in [-0.39, 0.29) is 23.3 Å². The second-order valence-corrected chi connectivity index (χ2v) is 10.0. The van der Waals surface area contributed by atoms with Gasteiger partial charge in [0, 0.05) is 36.5 Å². The number of likely N-dealkylation sites (tertiary alicyclic amines) is 1. The van der Waals surface area contributed by atoms with Crippen molar-refractivity contribution in [3.63, 3.8) is 0 Å². The first-order valence-corrected chi connectivity index (χ1v) is 11.2. The summed E-state index contributed by atoms with van der Waals surface area (Å²) in [6.07, 6.45) is 2.33. The van der Waals surface area contributed by atoms with Gasteiger partial charge in [-0.15, -0.1) is 0 Å². The zero-order valence-electron chi connectivity index (χ0n) is 19.3. The monoisotopic (exact) mass is 444 g/mol. The summed E-state index contributed by atoms with van der Waals surface area (Å²) in [6, 6.07) is 5.19. The van der Waals surface area contributed by atoms with E-state index in [9.17, 15) is 14.4 Å². The molecule has 32 heavy (non-hydrogen) atoms. The van der Waals surface area contributed by atoms with Crippen LogP contribution >= 0.6 is 0 Å². The predicted molar refractivity (Wildman–Crippen MR) is 116 cm³/mol. The average Bonchev–Trinajstić information content (AvgIpc) is 3.48. The van der Waals surface area contributed by atoms with Crippen LogP contribution in [0.15, 0.2) is 18.2 Å². The quantitative estimate of drug-likeness (QED) is 0.651.